The second-order valence-electron chi connectivity index (χ2n) is 6.32. The Morgan fingerprint density at radius 1 is 1.04 bits per heavy atom. The van der Waals surface area contributed by atoms with Crippen molar-refractivity contribution < 1.29 is 19.8 Å². The second-order valence-corrected chi connectivity index (χ2v) is 6.32. The van der Waals surface area contributed by atoms with Gasteiger partial charge in [0.2, 0.25) is 0 Å². The summed E-state index contributed by atoms with van der Waals surface area (Å²) in [5.41, 5.74) is 0.333. The third-order valence-corrected chi connectivity index (χ3v) is 5.06. The lowest BCUT2D eigenvalue weighted by Gasteiger charge is -2.37. The van der Waals surface area contributed by atoms with E-state index in [4.69, 9.17) is 0 Å². The topological polar surface area (TPSA) is 90.2 Å². The van der Waals surface area contributed by atoms with E-state index in [-0.39, 0.29) is 47.0 Å². The van der Waals surface area contributed by atoms with Crippen molar-refractivity contribution in [3.63, 3.8) is 0 Å². The van der Waals surface area contributed by atoms with Crippen LogP contribution in [0.2, 0.25) is 0 Å². The van der Waals surface area contributed by atoms with Crippen LogP contribution >= 0.6 is 0 Å². The first-order valence-corrected chi connectivity index (χ1v) is 7.68. The standard InChI is InChI=1S/C17H16N2O4/c20-12-6-5-11(13(21)7-12)8-18-19-16(22)14-9-1-2-10(4-3-9)15(14)17(19)23/h1-2,5-10,14-15,20-21H,3-4H2/b18-8-/t9-,10-,14-,15+/m0/s1. The molecule has 2 fully saturated rings. The number of imide groups is 1. The lowest BCUT2D eigenvalue weighted by Crippen LogP contribution is -2.38. The first-order chi connectivity index (χ1) is 11.1. The van der Waals surface area contributed by atoms with E-state index in [1.54, 1.807) is 0 Å². The lowest BCUT2D eigenvalue weighted by atomic mass is 9.63. The number of aromatic hydroxyl groups is 2. The molecule has 6 heteroatoms. The number of nitrogens with zero attached hydrogens (tertiary/aromatic N) is 2. The molecule has 118 valence electrons. The molecule has 0 spiro atoms. The average molecular weight is 312 g/mol. The molecule has 6 nitrogen and oxygen atoms in total. The Bertz CT molecular complexity index is 723. The molecular formula is C17H16N2O4. The molecule has 0 aromatic heterocycles. The minimum Gasteiger partial charge on any atom is -0.508 e. The van der Waals surface area contributed by atoms with Crippen LogP contribution in [0.4, 0.5) is 0 Å². The first kappa shape index (κ1) is 14.0. The number of hydrogen-bond acceptors (Lipinski definition) is 5. The van der Waals surface area contributed by atoms with Gasteiger partial charge >= 0.3 is 0 Å². The number of rotatable bonds is 2. The molecule has 1 aliphatic heterocycles. The van der Waals surface area contributed by atoms with Crippen LogP contribution in [0.25, 0.3) is 0 Å². The van der Waals surface area contributed by atoms with Gasteiger partial charge < -0.3 is 10.2 Å². The van der Waals surface area contributed by atoms with Crippen molar-refractivity contribution in [1.29, 1.82) is 0 Å². The second kappa shape index (κ2) is 4.94. The van der Waals surface area contributed by atoms with Gasteiger partial charge in [-0.2, -0.15) is 10.1 Å². The summed E-state index contributed by atoms with van der Waals surface area (Å²) >= 11 is 0. The zero-order chi connectivity index (χ0) is 16.1. The van der Waals surface area contributed by atoms with Crippen LogP contribution in [0.3, 0.4) is 0 Å². The van der Waals surface area contributed by atoms with Crippen molar-refractivity contribution >= 4 is 18.0 Å². The van der Waals surface area contributed by atoms with Gasteiger partial charge in [0, 0.05) is 11.6 Å². The van der Waals surface area contributed by atoms with Crippen molar-refractivity contribution in [2.45, 2.75) is 12.8 Å². The number of fused-ring (bicyclic) bond motifs is 1. The zero-order valence-corrected chi connectivity index (χ0v) is 12.3. The maximum absolute atomic E-state index is 12.6. The number of carbonyl (C=O) groups excluding carboxylic acids is 2. The fourth-order valence-electron chi connectivity index (χ4n) is 3.93. The van der Waals surface area contributed by atoms with Gasteiger partial charge in [0.25, 0.3) is 11.8 Å². The number of amides is 2. The van der Waals surface area contributed by atoms with Gasteiger partial charge in [-0.15, -0.1) is 0 Å². The van der Waals surface area contributed by atoms with Crippen LogP contribution in [-0.2, 0) is 9.59 Å². The summed E-state index contributed by atoms with van der Waals surface area (Å²) in [4.78, 5) is 25.1. The van der Waals surface area contributed by atoms with E-state index in [0.717, 1.165) is 17.9 Å². The fourth-order valence-corrected chi connectivity index (χ4v) is 3.93. The molecule has 2 N–H and O–H groups in total. The molecular weight excluding hydrogens is 296 g/mol. The lowest BCUT2D eigenvalue weighted by molar-refractivity contribution is -0.140. The number of carbonyl (C=O) groups is 2. The molecule has 1 aromatic carbocycles. The SMILES string of the molecule is O=C1[C@@H]2[C@H](C(=O)N1/N=C\c1ccc(O)cc1O)[C@H]1C=C[C@H]2CC1. The highest BCUT2D eigenvalue weighted by atomic mass is 16.3. The number of phenolic OH excluding ortho intramolecular Hbond substituents is 2. The molecule has 0 unspecified atom stereocenters. The van der Waals surface area contributed by atoms with E-state index in [2.05, 4.69) is 17.3 Å². The first-order valence-electron chi connectivity index (χ1n) is 7.68. The number of benzene rings is 1. The summed E-state index contributed by atoms with van der Waals surface area (Å²) in [6, 6.07) is 4.05. The van der Waals surface area contributed by atoms with Gasteiger partial charge in [0.15, 0.2) is 0 Å². The molecule has 1 saturated heterocycles. The van der Waals surface area contributed by atoms with Gasteiger partial charge in [0.1, 0.15) is 11.5 Å². The van der Waals surface area contributed by atoms with Crippen LogP contribution in [0.15, 0.2) is 35.5 Å². The van der Waals surface area contributed by atoms with Crippen molar-refractivity contribution in [3.05, 3.63) is 35.9 Å². The molecule has 4 atom stereocenters. The van der Waals surface area contributed by atoms with Gasteiger partial charge in [-0.1, -0.05) is 12.2 Å². The zero-order valence-electron chi connectivity index (χ0n) is 12.3. The van der Waals surface area contributed by atoms with Crippen molar-refractivity contribution in [3.8, 4) is 11.5 Å². The summed E-state index contributed by atoms with van der Waals surface area (Å²) in [5, 5.41) is 24.0. The Morgan fingerprint density at radius 2 is 1.65 bits per heavy atom. The Hall–Kier alpha value is -2.63. The third-order valence-electron chi connectivity index (χ3n) is 5.06. The maximum Gasteiger partial charge on any atom is 0.254 e. The van der Waals surface area contributed by atoms with Crippen LogP contribution in [-0.4, -0.2) is 33.3 Å². The molecule has 23 heavy (non-hydrogen) atoms. The van der Waals surface area contributed by atoms with E-state index in [0.29, 0.717) is 5.56 Å². The summed E-state index contributed by atoms with van der Waals surface area (Å²) in [7, 11) is 0. The predicted molar refractivity (Wildman–Crippen MR) is 81.6 cm³/mol. The van der Waals surface area contributed by atoms with Crippen LogP contribution in [0.1, 0.15) is 18.4 Å². The Balaban J connectivity index is 1.62. The summed E-state index contributed by atoms with van der Waals surface area (Å²) in [6.07, 6.45) is 7.27. The molecule has 4 aliphatic rings. The monoisotopic (exact) mass is 312 g/mol. The molecule has 1 saturated carbocycles. The van der Waals surface area contributed by atoms with Crippen LogP contribution in [0, 0.1) is 23.7 Å². The van der Waals surface area contributed by atoms with E-state index >= 15 is 0 Å². The Kier molecular flexibility index (Phi) is 3.01. The average Bonchev–Trinajstić information content (AvgIpc) is 2.82. The molecule has 3 aliphatic carbocycles. The van der Waals surface area contributed by atoms with Crippen LogP contribution < -0.4 is 0 Å². The fraction of sp³-hybridized carbons (Fsp3) is 0.353. The third kappa shape index (κ3) is 2.05. The minimum absolute atomic E-state index is 0.0679. The summed E-state index contributed by atoms with van der Waals surface area (Å²) in [6.45, 7) is 0. The molecule has 1 aromatic rings. The van der Waals surface area contributed by atoms with Crippen molar-refractivity contribution in [1.82, 2.24) is 5.01 Å². The summed E-state index contributed by atoms with van der Waals surface area (Å²) in [5.74, 6) is -1.07. The quantitative estimate of drug-likeness (QED) is 0.493. The van der Waals surface area contributed by atoms with E-state index in [9.17, 15) is 19.8 Å². The number of hydrazone groups is 1. The molecule has 5 rings (SSSR count). The Morgan fingerprint density at radius 3 is 2.17 bits per heavy atom. The molecule has 0 radical (unpaired) electrons. The maximum atomic E-state index is 12.6. The largest absolute Gasteiger partial charge is 0.508 e. The van der Waals surface area contributed by atoms with Crippen molar-refractivity contribution in [2.75, 3.05) is 0 Å². The highest BCUT2D eigenvalue weighted by Gasteiger charge is 2.56. The highest BCUT2D eigenvalue weighted by molar-refractivity contribution is 6.06. The van der Waals surface area contributed by atoms with Crippen LogP contribution in [0.5, 0.6) is 11.5 Å². The summed E-state index contributed by atoms with van der Waals surface area (Å²) < 4.78 is 0. The number of allylic oxidation sites excluding steroid dienone is 2. The smallest absolute Gasteiger partial charge is 0.254 e. The number of phenols is 2. The van der Waals surface area contributed by atoms with Gasteiger partial charge in [-0.25, -0.2) is 0 Å². The Labute approximate surface area is 132 Å². The van der Waals surface area contributed by atoms with Gasteiger partial charge in [-0.05, 0) is 36.8 Å². The molecule has 1 heterocycles. The van der Waals surface area contributed by atoms with E-state index in [1.165, 1.54) is 24.4 Å². The van der Waals surface area contributed by atoms with Crippen molar-refractivity contribution in [2.24, 2.45) is 28.8 Å². The molecule has 2 amide bonds. The minimum atomic E-state index is -0.295. The van der Waals surface area contributed by atoms with Gasteiger partial charge in [0.05, 0.1) is 18.1 Å². The van der Waals surface area contributed by atoms with Gasteiger partial charge in [-0.3, -0.25) is 9.59 Å². The molecule has 2 bridgehead atoms. The highest BCUT2D eigenvalue weighted by Crippen LogP contribution is 2.49. The van der Waals surface area contributed by atoms with E-state index < -0.39 is 0 Å². The normalized spacial score (nSPS) is 32.1. The van der Waals surface area contributed by atoms with E-state index in [1.807, 2.05) is 0 Å². The number of hydrogen-bond donors (Lipinski definition) is 2. The predicted octanol–water partition coefficient (Wildman–Crippen LogP) is 1.63.